The highest BCUT2D eigenvalue weighted by Gasteiger charge is 2.42. The number of carboxylic acid groups (broad SMARTS) is 1. The molecule has 354 valence electrons. The third-order valence-corrected chi connectivity index (χ3v) is 11.5. The zero-order chi connectivity index (χ0) is 46.8. The van der Waals surface area contributed by atoms with Crippen molar-refractivity contribution in [1.82, 2.24) is 47.0 Å². The molecule has 15 N–H and O–H groups in total. The van der Waals surface area contributed by atoms with Crippen LogP contribution in [0.5, 0.6) is 0 Å². The molecule has 3 aliphatic rings. The number of carboxylic acids is 1. The average Bonchev–Trinajstić information content (AvgIpc) is 4.04. The Labute approximate surface area is 367 Å². The molecule has 3 rings (SSSR count). The Kier molecular flexibility index (Phi) is 21.0. The fourth-order valence-electron chi connectivity index (χ4n) is 7.96. The van der Waals surface area contributed by atoms with Crippen LogP contribution in [0.1, 0.15) is 104 Å². The minimum absolute atomic E-state index is 0.0351. The van der Waals surface area contributed by atoms with E-state index in [1.165, 1.54) is 16.7 Å². The van der Waals surface area contributed by atoms with E-state index in [1.807, 2.05) is 0 Å². The van der Waals surface area contributed by atoms with Crippen molar-refractivity contribution in [3.05, 3.63) is 0 Å². The lowest BCUT2D eigenvalue weighted by molar-refractivity contribution is -0.145. The van der Waals surface area contributed by atoms with E-state index in [9.17, 15) is 48.3 Å². The molecular weight excluding hydrogens is 823 g/mol. The SMILES string of the molecule is CC(C)[C@H](NC(=O)[C@@H]1CCCN1)C(=O)N1CCC[C@H]1C(=O)N[C@@H](CCC(N)=O)C(=O)N[C@@H](C)C(=O)N[C@@H](CCCCN)C(=O)N1CCC[C@H]1C(=O)N[C@@H](CCCNC(=N)N)C(=O)O. The summed E-state index contributed by atoms with van der Waals surface area (Å²) in [6, 6.07) is -8.33. The molecule has 23 heteroatoms. The smallest absolute Gasteiger partial charge is 0.326 e. The monoisotopic (exact) mass is 892 g/mol. The summed E-state index contributed by atoms with van der Waals surface area (Å²) < 4.78 is 0. The Balaban J connectivity index is 1.69. The summed E-state index contributed by atoms with van der Waals surface area (Å²) in [7, 11) is 0. The van der Waals surface area contributed by atoms with Gasteiger partial charge >= 0.3 is 5.97 Å². The van der Waals surface area contributed by atoms with Crippen molar-refractivity contribution >= 4 is 59.2 Å². The maximum atomic E-state index is 14.0. The second-order valence-corrected chi connectivity index (χ2v) is 16.8. The van der Waals surface area contributed by atoms with E-state index in [0.717, 1.165) is 6.42 Å². The molecule has 3 fully saturated rings. The molecule has 8 atom stereocenters. The summed E-state index contributed by atoms with van der Waals surface area (Å²) in [5, 5.41) is 35.9. The van der Waals surface area contributed by atoms with E-state index < -0.39 is 95.7 Å². The van der Waals surface area contributed by atoms with Gasteiger partial charge in [-0.05, 0) is 103 Å². The highest BCUT2D eigenvalue weighted by atomic mass is 16.4. The lowest BCUT2D eigenvalue weighted by Crippen LogP contribution is -2.60. The zero-order valence-electron chi connectivity index (χ0n) is 36.7. The standard InChI is InChI=1S/C40H69N13O10/c1-22(2)31(51-33(56)24-11-6-18-45-24)38(61)53-21-9-14-29(53)35(58)48-25(15-16-30(42)54)34(57)47-23(3)32(55)49-26(10-4-5-17-41)37(60)52-20-8-13-28(52)36(59)50-27(39(62)63)12-7-19-46-40(43)44/h22-29,31,45H,4-21,41H2,1-3H3,(H2,42,54)(H,47,57)(H,48,58)(H,49,55)(H,50,59)(H,51,56)(H,62,63)(H4,43,44,46)/t23-,24-,25-,26-,27-,28-,29-,31-/m0/s1. The summed E-state index contributed by atoms with van der Waals surface area (Å²) in [6.07, 6.45) is 3.83. The minimum atomic E-state index is -1.35. The van der Waals surface area contributed by atoms with Gasteiger partial charge < -0.3 is 69.3 Å². The largest absolute Gasteiger partial charge is 0.480 e. The molecule has 8 amide bonds. The van der Waals surface area contributed by atoms with Gasteiger partial charge in [0, 0.05) is 26.1 Å². The number of guanidine groups is 1. The number of carbonyl (C=O) groups is 9. The van der Waals surface area contributed by atoms with Gasteiger partial charge in [-0.15, -0.1) is 0 Å². The molecule has 0 saturated carbocycles. The van der Waals surface area contributed by atoms with E-state index in [0.29, 0.717) is 45.2 Å². The number of nitrogens with two attached hydrogens (primary N) is 3. The first kappa shape index (κ1) is 51.8. The number of aliphatic carboxylic acids is 1. The van der Waals surface area contributed by atoms with Gasteiger partial charge in [-0.25, -0.2) is 4.79 Å². The normalized spacial score (nSPS) is 20.7. The van der Waals surface area contributed by atoms with Crippen LogP contribution in [0.4, 0.5) is 0 Å². The van der Waals surface area contributed by atoms with Crippen LogP contribution >= 0.6 is 0 Å². The second kappa shape index (κ2) is 25.5. The maximum absolute atomic E-state index is 14.0. The predicted molar refractivity (Wildman–Crippen MR) is 229 cm³/mol. The number of nitrogens with zero attached hydrogens (tertiary/aromatic N) is 2. The number of unbranched alkanes of at least 4 members (excludes halogenated alkanes) is 1. The Bertz CT molecular complexity index is 1660. The maximum Gasteiger partial charge on any atom is 0.326 e. The number of nitrogens with one attached hydrogen (secondary N) is 8. The van der Waals surface area contributed by atoms with Crippen LogP contribution in [0.2, 0.25) is 0 Å². The number of carbonyl (C=O) groups excluding carboxylic acids is 8. The molecule has 0 radical (unpaired) electrons. The van der Waals surface area contributed by atoms with Gasteiger partial charge in [0.2, 0.25) is 47.3 Å². The van der Waals surface area contributed by atoms with Crippen LogP contribution in [0.15, 0.2) is 0 Å². The van der Waals surface area contributed by atoms with Crippen molar-refractivity contribution in [2.45, 2.75) is 153 Å². The summed E-state index contributed by atoms with van der Waals surface area (Å²) in [4.78, 5) is 122. The number of amides is 8. The lowest BCUT2D eigenvalue weighted by atomic mass is 10.0. The molecule has 3 aliphatic heterocycles. The number of primary amides is 1. The van der Waals surface area contributed by atoms with Gasteiger partial charge in [0.15, 0.2) is 5.96 Å². The minimum Gasteiger partial charge on any atom is -0.480 e. The highest BCUT2D eigenvalue weighted by molar-refractivity contribution is 5.98. The Morgan fingerprint density at radius 1 is 0.698 bits per heavy atom. The summed E-state index contributed by atoms with van der Waals surface area (Å²) in [6.45, 7) is 6.58. The van der Waals surface area contributed by atoms with Crippen LogP contribution in [0, 0.1) is 11.3 Å². The summed E-state index contributed by atoms with van der Waals surface area (Å²) >= 11 is 0. The molecule has 0 aromatic heterocycles. The molecule has 0 aromatic rings. The van der Waals surface area contributed by atoms with Gasteiger partial charge in [0.25, 0.3) is 0 Å². The fourth-order valence-corrected chi connectivity index (χ4v) is 7.96. The van der Waals surface area contributed by atoms with E-state index in [4.69, 9.17) is 22.6 Å². The molecule has 3 saturated heterocycles. The highest BCUT2D eigenvalue weighted by Crippen LogP contribution is 2.23. The third-order valence-electron chi connectivity index (χ3n) is 11.5. The number of likely N-dealkylation sites (tertiary alicyclic amines) is 2. The van der Waals surface area contributed by atoms with Crippen molar-refractivity contribution in [3.63, 3.8) is 0 Å². The number of rotatable bonds is 25. The van der Waals surface area contributed by atoms with E-state index in [-0.39, 0.29) is 82.4 Å². The van der Waals surface area contributed by atoms with Crippen molar-refractivity contribution < 1.29 is 48.3 Å². The summed E-state index contributed by atoms with van der Waals surface area (Å²) in [5.74, 6) is -6.82. The van der Waals surface area contributed by atoms with Crippen LogP contribution in [0.3, 0.4) is 0 Å². The fraction of sp³-hybridized carbons (Fsp3) is 0.750. The first-order chi connectivity index (χ1) is 29.9. The second-order valence-electron chi connectivity index (χ2n) is 16.8. The molecule has 0 unspecified atom stereocenters. The van der Waals surface area contributed by atoms with Gasteiger partial charge in [-0.2, -0.15) is 0 Å². The van der Waals surface area contributed by atoms with Crippen molar-refractivity contribution in [2.75, 3.05) is 32.7 Å². The number of hydrogen-bond donors (Lipinski definition) is 12. The molecule has 63 heavy (non-hydrogen) atoms. The third kappa shape index (κ3) is 15.9. The van der Waals surface area contributed by atoms with Crippen LogP contribution < -0.4 is 54.4 Å². The van der Waals surface area contributed by atoms with Gasteiger partial charge in [0.1, 0.15) is 42.3 Å². The van der Waals surface area contributed by atoms with Crippen LogP contribution in [-0.2, 0) is 43.2 Å². The quantitative estimate of drug-likeness (QED) is 0.0241. The first-order valence-corrected chi connectivity index (χ1v) is 22.0. The van der Waals surface area contributed by atoms with Crippen LogP contribution in [-0.4, -0.2) is 155 Å². The molecule has 0 aromatic carbocycles. The van der Waals surface area contributed by atoms with Crippen molar-refractivity contribution in [3.8, 4) is 0 Å². The Hall–Kier alpha value is -5.58. The van der Waals surface area contributed by atoms with Gasteiger partial charge in [-0.3, -0.25) is 43.8 Å². The van der Waals surface area contributed by atoms with E-state index in [2.05, 4.69) is 37.2 Å². The molecule has 23 nitrogen and oxygen atoms in total. The van der Waals surface area contributed by atoms with E-state index >= 15 is 0 Å². The first-order valence-electron chi connectivity index (χ1n) is 22.0. The molecule has 0 spiro atoms. The van der Waals surface area contributed by atoms with Crippen LogP contribution in [0.25, 0.3) is 0 Å². The Morgan fingerprint density at radius 2 is 1.30 bits per heavy atom. The van der Waals surface area contributed by atoms with E-state index in [1.54, 1.807) is 13.8 Å². The topological polar surface area (TPSA) is 366 Å². The molecule has 0 bridgehead atoms. The van der Waals surface area contributed by atoms with Gasteiger partial charge in [0.05, 0.1) is 6.04 Å². The molecular formula is C40H69N13O10. The predicted octanol–water partition coefficient (Wildman–Crippen LogP) is -3.44. The molecule has 0 aliphatic carbocycles. The van der Waals surface area contributed by atoms with Gasteiger partial charge in [-0.1, -0.05) is 13.8 Å². The van der Waals surface area contributed by atoms with Crippen molar-refractivity contribution in [1.29, 1.82) is 5.41 Å². The lowest BCUT2D eigenvalue weighted by Gasteiger charge is -2.32. The summed E-state index contributed by atoms with van der Waals surface area (Å²) in [5.41, 5.74) is 16.4. The zero-order valence-corrected chi connectivity index (χ0v) is 36.7. The Morgan fingerprint density at radius 3 is 1.84 bits per heavy atom. The van der Waals surface area contributed by atoms with Crippen molar-refractivity contribution in [2.24, 2.45) is 23.1 Å². The average molecular weight is 892 g/mol. The molecule has 3 heterocycles. The number of hydrogen-bond acceptors (Lipinski definition) is 12.